The molecule has 4 nitrogen and oxygen atoms in total. The summed E-state index contributed by atoms with van der Waals surface area (Å²) >= 11 is 0. The number of alkyl halides is 3. The molecule has 7 heteroatoms. The molecule has 0 fully saturated rings. The van der Waals surface area contributed by atoms with Crippen LogP contribution in [0.3, 0.4) is 0 Å². The molecule has 1 rings (SSSR count). The number of carbonyl (C=O) groups excluding carboxylic acids is 2. The van der Waals surface area contributed by atoms with Crippen molar-refractivity contribution in [1.82, 2.24) is 0 Å². The zero-order valence-electron chi connectivity index (χ0n) is 10.8. The van der Waals surface area contributed by atoms with E-state index < -0.39 is 18.0 Å². The summed E-state index contributed by atoms with van der Waals surface area (Å²) in [6.07, 6.45) is -3.70. The highest BCUT2D eigenvalue weighted by atomic mass is 19.4. The van der Waals surface area contributed by atoms with Gasteiger partial charge in [0, 0.05) is 6.08 Å². The first-order valence-electron chi connectivity index (χ1n) is 5.63. The fourth-order valence-corrected chi connectivity index (χ4v) is 1.33. The lowest BCUT2D eigenvalue weighted by Gasteiger charge is -2.12. The molecule has 0 radical (unpaired) electrons. The van der Waals surface area contributed by atoms with Crippen LogP contribution in [0.4, 0.5) is 24.5 Å². The van der Waals surface area contributed by atoms with Gasteiger partial charge in [0.1, 0.15) is 0 Å². The van der Waals surface area contributed by atoms with Crippen LogP contribution in [0.25, 0.3) is 0 Å². The van der Waals surface area contributed by atoms with E-state index in [9.17, 15) is 22.8 Å². The maximum Gasteiger partial charge on any atom is 0.471 e. The van der Waals surface area contributed by atoms with Gasteiger partial charge in [0.25, 0.3) is 0 Å². The zero-order valence-corrected chi connectivity index (χ0v) is 10.8. The molecular weight excluding hydrogens is 273 g/mol. The Morgan fingerprint density at radius 2 is 1.55 bits per heavy atom. The summed E-state index contributed by atoms with van der Waals surface area (Å²) in [7, 11) is 0. The summed E-state index contributed by atoms with van der Waals surface area (Å²) in [6.45, 7) is 3.41. The van der Waals surface area contributed by atoms with Crippen molar-refractivity contribution in [2.75, 3.05) is 10.6 Å². The Kier molecular flexibility index (Phi) is 4.90. The van der Waals surface area contributed by atoms with Gasteiger partial charge < -0.3 is 10.6 Å². The van der Waals surface area contributed by atoms with Gasteiger partial charge in [-0.25, -0.2) is 0 Å². The number of anilines is 2. The molecule has 2 N–H and O–H groups in total. The first-order chi connectivity index (χ1) is 9.20. The number of hydrogen-bond acceptors (Lipinski definition) is 2. The van der Waals surface area contributed by atoms with Crippen molar-refractivity contribution in [1.29, 1.82) is 0 Å². The first kappa shape index (κ1) is 15.7. The van der Waals surface area contributed by atoms with Crippen molar-refractivity contribution >= 4 is 23.2 Å². The third-order valence-corrected chi connectivity index (χ3v) is 2.11. The van der Waals surface area contributed by atoms with Crippen molar-refractivity contribution in [2.45, 2.75) is 20.0 Å². The second-order valence-electron chi connectivity index (χ2n) is 4.21. The summed E-state index contributed by atoms with van der Waals surface area (Å²) in [5, 5.41) is 4.11. The van der Waals surface area contributed by atoms with Gasteiger partial charge in [0.05, 0.1) is 11.4 Å². The normalized spacial score (nSPS) is 10.7. The smallest absolute Gasteiger partial charge is 0.321 e. The number of rotatable bonds is 3. The van der Waals surface area contributed by atoms with E-state index in [0.29, 0.717) is 0 Å². The molecule has 108 valence electrons. The van der Waals surface area contributed by atoms with Crippen LogP contribution in [0.15, 0.2) is 35.9 Å². The molecule has 0 aliphatic carbocycles. The summed E-state index contributed by atoms with van der Waals surface area (Å²) < 4.78 is 36.6. The van der Waals surface area contributed by atoms with Gasteiger partial charge in [-0.3, -0.25) is 9.59 Å². The highest BCUT2D eigenvalue weighted by molar-refractivity contribution is 6.04. The number of carbonyl (C=O) groups is 2. The standard InChI is InChI=1S/C13H13F3N2O2/c1-8(2)7-11(19)17-9-5-3-4-6-10(9)18-12(20)13(14,15)16/h3-7H,1-2H3,(H,17,19)(H,18,20). The predicted octanol–water partition coefficient (Wildman–Crippen LogP) is 3.09. The van der Waals surface area contributed by atoms with Gasteiger partial charge in [-0.05, 0) is 26.0 Å². The van der Waals surface area contributed by atoms with E-state index in [1.807, 2.05) is 0 Å². The minimum atomic E-state index is -4.99. The van der Waals surface area contributed by atoms with Crippen LogP contribution < -0.4 is 10.6 Å². The van der Waals surface area contributed by atoms with Crippen molar-refractivity contribution in [3.05, 3.63) is 35.9 Å². The molecule has 1 aromatic carbocycles. The molecule has 0 aliphatic rings. The van der Waals surface area contributed by atoms with Crippen LogP contribution in [0, 0.1) is 0 Å². The topological polar surface area (TPSA) is 58.2 Å². The maximum absolute atomic E-state index is 12.2. The molecule has 20 heavy (non-hydrogen) atoms. The fourth-order valence-electron chi connectivity index (χ4n) is 1.33. The molecule has 2 amide bonds. The van der Waals surface area contributed by atoms with Gasteiger partial charge in [-0.1, -0.05) is 17.7 Å². The summed E-state index contributed by atoms with van der Waals surface area (Å²) in [4.78, 5) is 22.4. The highest BCUT2D eigenvalue weighted by Gasteiger charge is 2.38. The average molecular weight is 286 g/mol. The van der Waals surface area contributed by atoms with Crippen molar-refractivity contribution in [3.8, 4) is 0 Å². The lowest BCUT2D eigenvalue weighted by atomic mass is 10.2. The zero-order chi connectivity index (χ0) is 15.3. The van der Waals surface area contributed by atoms with Gasteiger partial charge in [0.15, 0.2) is 0 Å². The van der Waals surface area contributed by atoms with Gasteiger partial charge in [0.2, 0.25) is 5.91 Å². The van der Waals surface area contributed by atoms with Crippen LogP contribution in [-0.4, -0.2) is 18.0 Å². The van der Waals surface area contributed by atoms with Crippen LogP contribution in [-0.2, 0) is 9.59 Å². The summed E-state index contributed by atoms with van der Waals surface area (Å²) in [5.41, 5.74) is 0.706. The number of amides is 2. The Hall–Kier alpha value is -2.31. The van der Waals surface area contributed by atoms with E-state index >= 15 is 0 Å². The summed E-state index contributed by atoms with van der Waals surface area (Å²) in [5.74, 6) is -2.58. The molecule has 0 saturated carbocycles. The van der Waals surface area contributed by atoms with E-state index in [4.69, 9.17) is 0 Å². The Morgan fingerprint density at radius 3 is 2.00 bits per heavy atom. The second kappa shape index (κ2) is 6.23. The molecule has 0 aliphatic heterocycles. The Bertz CT molecular complexity index is 547. The number of allylic oxidation sites excluding steroid dienone is 1. The van der Waals surface area contributed by atoms with Crippen molar-refractivity contribution < 1.29 is 22.8 Å². The molecule has 0 heterocycles. The van der Waals surface area contributed by atoms with E-state index in [1.54, 1.807) is 19.2 Å². The van der Waals surface area contributed by atoms with E-state index in [0.717, 1.165) is 5.57 Å². The predicted molar refractivity (Wildman–Crippen MR) is 69.2 cm³/mol. The molecule has 0 atom stereocenters. The largest absolute Gasteiger partial charge is 0.471 e. The molecular formula is C13H13F3N2O2. The molecule has 0 bridgehead atoms. The van der Waals surface area contributed by atoms with Crippen LogP contribution in [0.5, 0.6) is 0 Å². The van der Waals surface area contributed by atoms with Crippen molar-refractivity contribution in [3.63, 3.8) is 0 Å². The number of nitrogens with one attached hydrogen (secondary N) is 2. The monoisotopic (exact) mass is 286 g/mol. The number of halogens is 3. The molecule has 0 spiro atoms. The Balaban J connectivity index is 2.92. The first-order valence-corrected chi connectivity index (χ1v) is 5.63. The minimum Gasteiger partial charge on any atom is -0.321 e. The van der Waals surface area contributed by atoms with Crippen LogP contribution in [0.2, 0.25) is 0 Å². The van der Waals surface area contributed by atoms with Gasteiger partial charge in [-0.2, -0.15) is 13.2 Å². The number of para-hydroxylation sites is 2. The SMILES string of the molecule is CC(C)=CC(=O)Nc1ccccc1NC(=O)C(F)(F)F. The van der Waals surface area contributed by atoms with E-state index in [1.165, 1.54) is 30.3 Å². The molecule has 0 saturated heterocycles. The van der Waals surface area contributed by atoms with Crippen LogP contribution in [0.1, 0.15) is 13.8 Å². The maximum atomic E-state index is 12.2. The van der Waals surface area contributed by atoms with Crippen molar-refractivity contribution in [2.24, 2.45) is 0 Å². The fraction of sp³-hybridized carbons (Fsp3) is 0.231. The lowest BCUT2D eigenvalue weighted by molar-refractivity contribution is -0.167. The lowest BCUT2D eigenvalue weighted by Crippen LogP contribution is -2.30. The molecule has 0 aromatic heterocycles. The number of hydrogen-bond donors (Lipinski definition) is 2. The highest BCUT2D eigenvalue weighted by Crippen LogP contribution is 2.24. The average Bonchev–Trinajstić information content (AvgIpc) is 2.29. The second-order valence-corrected chi connectivity index (χ2v) is 4.21. The number of benzene rings is 1. The Morgan fingerprint density at radius 1 is 1.05 bits per heavy atom. The van der Waals surface area contributed by atoms with Gasteiger partial charge in [-0.15, -0.1) is 0 Å². The quantitative estimate of drug-likeness (QED) is 0.839. The summed E-state index contributed by atoms with van der Waals surface area (Å²) in [6, 6.07) is 5.63. The van der Waals surface area contributed by atoms with Crippen LogP contribution >= 0.6 is 0 Å². The van der Waals surface area contributed by atoms with Gasteiger partial charge >= 0.3 is 12.1 Å². The van der Waals surface area contributed by atoms with E-state index in [-0.39, 0.29) is 11.4 Å². The minimum absolute atomic E-state index is 0.0904. The third-order valence-electron chi connectivity index (χ3n) is 2.11. The molecule has 1 aromatic rings. The Labute approximate surface area is 113 Å². The van der Waals surface area contributed by atoms with E-state index in [2.05, 4.69) is 5.32 Å². The third kappa shape index (κ3) is 4.75. The molecule has 0 unspecified atom stereocenters.